The van der Waals surface area contributed by atoms with Crippen molar-refractivity contribution in [2.45, 2.75) is 50.5 Å². The van der Waals surface area contributed by atoms with Crippen molar-refractivity contribution in [2.24, 2.45) is 5.92 Å². The Morgan fingerprint density at radius 2 is 1.69 bits per heavy atom. The lowest BCUT2D eigenvalue weighted by Crippen LogP contribution is -2.28. The SMILES string of the molecule is CCOC(=O)CC1CCC(c2ccc(OS(=O)(=O)C(F)(F)F)cc2)CC1. The van der Waals surface area contributed by atoms with Crippen LogP contribution in [-0.4, -0.2) is 26.5 Å². The highest BCUT2D eigenvalue weighted by molar-refractivity contribution is 7.88. The first kappa shape index (κ1) is 20.5. The molecule has 1 aromatic carbocycles. The van der Waals surface area contributed by atoms with Gasteiger partial charge in [0.15, 0.2) is 0 Å². The fourth-order valence-corrected chi connectivity index (χ4v) is 3.58. The molecule has 0 amide bonds. The molecule has 0 unspecified atom stereocenters. The van der Waals surface area contributed by atoms with Crippen molar-refractivity contribution in [2.75, 3.05) is 6.61 Å². The molecule has 1 aliphatic rings. The lowest BCUT2D eigenvalue weighted by atomic mass is 9.77. The second-order valence-corrected chi connectivity index (χ2v) is 7.82. The minimum Gasteiger partial charge on any atom is -0.466 e. The van der Waals surface area contributed by atoms with E-state index in [1.807, 2.05) is 0 Å². The zero-order valence-electron chi connectivity index (χ0n) is 14.3. The Balaban J connectivity index is 1.91. The van der Waals surface area contributed by atoms with Gasteiger partial charge in [-0.25, -0.2) is 0 Å². The first-order valence-corrected chi connectivity index (χ1v) is 9.79. The highest BCUT2D eigenvalue weighted by atomic mass is 32.2. The summed E-state index contributed by atoms with van der Waals surface area (Å²) in [5.41, 5.74) is -4.54. The van der Waals surface area contributed by atoms with Gasteiger partial charge < -0.3 is 8.92 Å². The topological polar surface area (TPSA) is 69.7 Å². The first-order valence-electron chi connectivity index (χ1n) is 8.38. The van der Waals surface area contributed by atoms with Crippen molar-refractivity contribution in [1.82, 2.24) is 0 Å². The molecule has 1 saturated carbocycles. The van der Waals surface area contributed by atoms with Gasteiger partial charge in [-0.05, 0) is 62.1 Å². The number of carbonyl (C=O) groups is 1. The Kier molecular flexibility index (Phi) is 6.54. The van der Waals surface area contributed by atoms with Crippen molar-refractivity contribution in [1.29, 1.82) is 0 Å². The maximum absolute atomic E-state index is 12.3. The molecule has 0 bridgehead atoms. The van der Waals surface area contributed by atoms with Crippen LogP contribution in [0.25, 0.3) is 0 Å². The van der Waals surface area contributed by atoms with E-state index in [1.54, 1.807) is 19.1 Å². The summed E-state index contributed by atoms with van der Waals surface area (Å²) in [6.45, 7) is 2.13. The molecule has 146 valence electrons. The molecule has 0 radical (unpaired) electrons. The molecule has 0 N–H and O–H groups in total. The van der Waals surface area contributed by atoms with E-state index in [2.05, 4.69) is 4.18 Å². The van der Waals surface area contributed by atoms with Gasteiger partial charge in [0.2, 0.25) is 0 Å². The van der Waals surface area contributed by atoms with Gasteiger partial charge in [-0.3, -0.25) is 4.79 Å². The maximum Gasteiger partial charge on any atom is 0.534 e. The third kappa shape index (κ3) is 5.36. The zero-order valence-corrected chi connectivity index (χ0v) is 15.1. The summed E-state index contributed by atoms with van der Waals surface area (Å²) in [5.74, 6) is -0.0584. The highest BCUT2D eigenvalue weighted by Gasteiger charge is 2.48. The molecule has 26 heavy (non-hydrogen) atoms. The van der Waals surface area contributed by atoms with E-state index in [9.17, 15) is 26.4 Å². The quantitative estimate of drug-likeness (QED) is 0.412. The van der Waals surface area contributed by atoms with Crippen molar-refractivity contribution in [3.63, 3.8) is 0 Å². The molecular formula is C17H21F3O5S. The number of hydrogen-bond acceptors (Lipinski definition) is 5. The second-order valence-electron chi connectivity index (χ2n) is 6.28. The summed E-state index contributed by atoms with van der Waals surface area (Å²) in [4.78, 5) is 11.5. The second kappa shape index (κ2) is 8.28. The van der Waals surface area contributed by atoms with Gasteiger partial charge in [0.1, 0.15) is 5.75 Å². The molecule has 1 fully saturated rings. The van der Waals surface area contributed by atoms with Crippen molar-refractivity contribution < 1.29 is 35.3 Å². The lowest BCUT2D eigenvalue weighted by molar-refractivity contribution is -0.144. The Bertz CT molecular complexity index is 705. The number of hydrogen-bond donors (Lipinski definition) is 0. The monoisotopic (exact) mass is 394 g/mol. The molecule has 5 nitrogen and oxygen atoms in total. The number of halogens is 3. The van der Waals surface area contributed by atoms with Gasteiger partial charge in [-0.15, -0.1) is 0 Å². The normalized spacial score (nSPS) is 21.2. The number of esters is 1. The first-order chi connectivity index (χ1) is 12.1. The fraction of sp³-hybridized carbons (Fsp3) is 0.588. The van der Waals surface area contributed by atoms with Gasteiger partial charge in [0.05, 0.1) is 6.61 Å². The molecule has 0 spiro atoms. The maximum atomic E-state index is 12.3. The average Bonchev–Trinajstić information content (AvgIpc) is 2.55. The van der Waals surface area contributed by atoms with E-state index in [-0.39, 0.29) is 23.6 Å². The summed E-state index contributed by atoms with van der Waals surface area (Å²) < 4.78 is 68.0. The Labute approximate surface area is 150 Å². The summed E-state index contributed by atoms with van der Waals surface area (Å²) in [7, 11) is -5.66. The number of ether oxygens (including phenoxy) is 1. The highest BCUT2D eigenvalue weighted by Crippen LogP contribution is 2.38. The Morgan fingerprint density at radius 3 is 2.19 bits per heavy atom. The van der Waals surface area contributed by atoms with Crippen molar-refractivity contribution >= 4 is 16.1 Å². The van der Waals surface area contributed by atoms with Crippen molar-refractivity contribution in [3.05, 3.63) is 29.8 Å². The number of carbonyl (C=O) groups excluding carboxylic acids is 1. The van der Waals surface area contributed by atoms with Crippen LogP contribution in [0.2, 0.25) is 0 Å². The van der Waals surface area contributed by atoms with Gasteiger partial charge in [0, 0.05) is 6.42 Å². The van der Waals surface area contributed by atoms with Gasteiger partial charge in [0.25, 0.3) is 0 Å². The summed E-state index contributed by atoms with van der Waals surface area (Å²) >= 11 is 0. The van der Waals surface area contributed by atoms with Crippen LogP contribution in [-0.2, 0) is 19.6 Å². The standard InChI is InChI=1S/C17H21F3O5S/c1-2-24-16(21)11-12-3-5-13(6-4-12)14-7-9-15(10-8-14)25-26(22,23)17(18,19)20/h7-10,12-13H,2-6,11H2,1H3. The number of alkyl halides is 3. The molecule has 1 aromatic rings. The molecule has 0 heterocycles. The van der Waals surface area contributed by atoms with Crippen molar-refractivity contribution in [3.8, 4) is 5.75 Å². The van der Waals surface area contributed by atoms with Gasteiger partial charge >= 0.3 is 21.6 Å². The zero-order chi connectivity index (χ0) is 19.4. The molecule has 2 rings (SSSR count). The van der Waals surface area contributed by atoms with E-state index in [4.69, 9.17) is 4.74 Å². The van der Waals surface area contributed by atoms with E-state index < -0.39 is 15.6 Å². The predicted octanol–water partition coefficient (Wildman–Crippen LogP) is 4.14. The summed E-state index contributed by atoms with van der Waals surface area (Å²) in [5, 5.41) is 0. The van der Waals surface area contributed by atoms with Crippen LogP contribution in [0.15, 0.2) is 24.3 Å². The molecule has 9 heteroatoms. The molecule has 0 aromatic heterocycles. The van der Waals surface area contributed by atoms with E-state index in [1.165, 1.54) is 12.1 Å². The average molecular weight is 394 g/mol. The minimum atomic E-state index is -5.66. The largest absolute Gasteiger partial charge is 0.534 e. The van der Waals surface area contributed by atoms with Crippen LogP contribution < -0.4 is 4.18 Å². The third-order valence-electron chi connectivity index (χ3n) is 4.45. The lowest BCUT2D eigenvalue weighted by Gasteiger charge is -2.28. The van der Waals surface area contributed by atoms with E-state index >= 15 is 0 Å². The Morgan fingerprint density at radius 1 is 1.12 bits per heavy atom. The molecule has 0 aliphatic heterocycles. The number of rotatable bonds is 6. The fourth-order valence-electron chi connectivity index (χ4n) is 3.12. The van der Waals surface area contributed by atoms with Crippen LogP contribution in [0.4, 0.5) is 13.2 Å². The van der Waals surface area contributed by atoms with Gasteiger partial charge in [-0.2, -0.15) is 21.6 Å². The summed E-state index contributed by atoms with van der Waals surface area (Å²) in [6, 6.07) is 5.61. The molecule has 0 saturated heterocycles. The van der Waals surface area contributed by atoms with Gasteiger partial charge in [-0.1, -0.05) is 12.1 Å². The van der Waals surface area contributed by atoms with E-state index in [0.717, 1.165) is 31.2 Å². The minimum absolute atomic E-state index is 0.191. The summed E-state index contributed by atoms with van der Waals surface area (Å²) in [6.07, 6.45) is 3.84. The van der Waals surface area contributed by atoms with Crippen LogP contribution in [0.1, 0.15) is 50.5 Å². The molecule has 0 atom stereocenters. The predicted molar refractivity (Wildman–Crippen MR) is 88.0 cm³/mol. The van der Waals surface area contributed by atoms with E-state index in [0.29, 0.717) is 13.0 Å². The third-order valence-corrected chi connectivity index (χ3v) is 5.43. The van der Waals surface area contributed by atoms with Crippen LogP contribution in [0.5, 0.6) is 5.75 Å². The Hall–Kier alpha value is -1.77. The smallest absolute Gasteiger partial charge is 0.466 e. The molecular weight excluding hydrogens is 373 g/mol. The van der Waals surface area contributed by atoms with Crippen LogP contribution >= 0.6 is 0 Å². The molecule has 1 aliphatic carbocycles. The number of benzene rings is 1. The van der Waals surface area contributed by atoms with Crippen LogP contribution in [0, 0.1) is 5.92 Å². The van der Waals surface area contributed by atoms with Crippen LogP contribution in [0.3, 0.4) is 0 Å².